The fraction of sp³-hybridized carbons (Fsp3) is 0.273. The lowest BCUT2D eigenvalue weighted by Gasteiger charge is -2.18. The van der Waals surface area contributed by atoms with Crippen molar-refractivity contribution in [2.75, 3.05) is 25.1 Å². The monoisotopic (exact) mass is 217 g/mol. The van der Waals surface area contributed by atoms with E-state index in [2.05, 4.69) is 11.4 Å². The van der Waals surface area contributed by atoms with Crippen LogP contribution in [-0.2, 0) is 0 Å². The average molecular weight is 217 g/mol. The van der Waals surface area contributed by atoms with E-state index in [9.17, 15) is 4.79 Å². The topological polar surface area (TPSA) is 65.4 Å². The molecule has 5 heteroatoms. The molecule has 1 aliphatic heterocycles. The second-order valence-electron chi connectivity index (χ2n) is 3.35. The van der Waals surface area contributed by atoms with E-state index >= 15 is 0 Å². The van der Waals surface area contributed by atoms with Crippen LogP contribution in [-0.4, -0.2) is 26.2 Å². The van der Waals surface area contributed by atoms with E-state index in [0.717, 1.165) is 0 Å². The average Bonchev–Trinajstić information content (AvgIpc) is 2.74. The van der Waals surface area contributed by atoms with Gasteiger partial charge in [0.05, 0.1) is 12.7 Å². The molecule has 0 aromatic heterocycles. The van der Waals surface area contributed by atoms with Crippen molar-refractivity contribution in [1.82, 2.24) is 5.32 Å². The standard InChI is InChI=1S/C11H11N3O2/c1-16-9-4-2-3-8(7-12)10(9)14-6-5-13-11(14)15/h2-4H,5-6H2,1H3,(H,13,15). The van der Waals surface area contributed by atoms with E-state index in [1.165, 1.54) is 12.0 Å². The Bertz CT molecular complexity index is 465. The summed E-state index contributed by atoms with van der Waals surface area (Å²) in [6, 6.07) is 7.01. The number of para-hydroxylation sites is 1. The highest BCUT2D eigenvalue weighted by atomic mass is 16.5. The van der Waals surface area contributed by atoms with Crippen molar-refractivity contribution in [2.45, 2.75) is 0 Å². The summed E-state index contributed by atoms with van der Waals surface area (Å²) >= 11 is 0. The number of rotatable bonds is 2. The lowest BCUT2D eigenvalue weighted by molar-refractivity contribution is 0.252. The van der Waals surface area contributed by atoms with Crippen LogP contribution < -0.4 is 15.0 Å². The van der Waals surface area contributed by atoms with Crippen LogP contribution >= 0.6 is 0 Å². The van der Waals surface area contributed by atoms with Gasteiger partial charge in [-0.25, -0.2) is 4.79 Å². The molecule has 1 aromatic rings. The number of ether oxygens (including phenoxy) is 1. The van der Waals surface area contributed by atoms with Gasteiger partial charge in [0.2, 0.25) is 0 Å². The Morgan fingerprint density at radius 2 is 2.38 bits per heavy atom. The quantitative estimate of drug-likeness (QED) is 0.806. The summed E-state index contributed by atoms with van der Waals surface area (Å²) in [6.07, 6.45) is 0. The van der Waals surface area contributed by atoms with Gasteiger partial charge in [0.1, 0.15) is 17.5 Å². The van der Waals surface area contributed by atoms with Gasteiger partial charge in [0, 0.05) is 13.1 Å². The summed E-state index contributed by atoms with van der Waals surface area (Å²) < 4.78 is 5.18. The van der Waals surface area contributed by atoms with Crippen LogP contribution in [0, 0.1) is 11.3 Å². The van der Waals surface area contributed by atoms with Crippen LogP contribution in [0.5, 0.6) is 5.75 Å². The predicted octanol–water partition coefficient (Wildman–Crippen LogP) is 1.10. The Morgan fingerprint density at radius 3 is 2.94 bits per heavy atom. The molecule has 0 atom stereocenters. The number of nitrogens with one attached hydrogen (secondary N) is 1. The number of carbonyl (C=O) groups excluding carboxylic acids is 1. The molecule has 1 aromatic carbocycles. The largest absolute Gasteiger partial charge is 0.495 e. The van der Waals surface area contributed by atoms with Crippen LogP contribution in [0.25, 0.3) is 0 Å². The van der Waals surface area contributed by atoms with Gasteiger partial charge in [-0.3, -0.25) is 4.90 Å². The first-order valence-corrected chi connectivity index (χ1v) is 4.90. The second kappa shape index (κ2) is 4.11. The van der Waals surface area contributed by atoms with Gasteiger partial charge in [-0.2, -0.15) is 5.26 Å². The van der Waals surface area contributed by atoms with Gasteiger partial charge in [0.15, 0.2) is 0 Å². The highest BCUT2D eigenvalue weighted by Gasteiger charge is 2.26. The fourth-order valence-corrected chi connectivity index (χ4v) is 1.74. The number of hydrogen-bond acceptors (Lipinski definition) is 3. The highest BCUT2D eigenvalue weighted by Crippen LogP contribution is 2.32. The van der Waals surface area contributed by atoms with E-state index in [1.807, 2.05) is 0 Å². The third-order valence-corrected chi connectivity index (χ3v) is 2.47. The van der Waals surface area contributed by atoms with Gasteiger partial charge >= 0.3 is 6.03 Å². The van der Waals surface area contributed by atoms with Gasteiger partial charge < -0.3 is 10.1 Å². The molecule has 1 heterocycles. The first kappa shape index (κ1) is 10.3. The molecule has 0 spiro atoms. The summed E-state index contributed by atoms with van der Waals surface area (Å²) in [5, 5.41) is 11.7. The van der Waals surface area contributed by atoms with E-state index in [4.69, 9.17) is 10.00 Å². The molecule has 5 nitrogen and oxygen atoms in total. The summed E-state index contributed by atoms with van der Waals surface area (Å²) in [5.74, 6) is 0.538. The second-order valence-corrected chi connectivity index (χ2v) is 3.35. The van der Waals surface area contributed by atoms with Crippen molar-refractivity contribution >= 4 is 11.7 Å². The molecule has 0 radical (unpaired) electrons. The lowest BCUT2D eigenvalue weighted by Crippen LogP contribution is -2.28. The Hall–Kier alpha value is -2.22. The SMILES string of the molecule is COc1cccc(C#N)c1N1CCNC1=O. The van der Waals surface area contributed by atoms with Gasteiger partial charge in [-0.05, 0) is 12.1 Å². The number of nitrogens with zero attached hydrogens (tertiary/aromatic N) is 2. The molecule has 0 saturated carbocycles. The molecule has 0 aliphatic carbocycles. The van der Waals surface area contributed by atoms with Gasteiger partial charge in [-0.1, -0.05) is 6.07 Å². The van der Waals surface area contributed by atoms with Gasteiger partial charge in [0.25, 0.3) is 0 Å². The summed E-state index contributed by atoms with van der Waals surface area (Å²) in [4.78, 5) is 13.1. The first-order chi connectivity index (χ1) is 7.77. The van der Waals surface area contributed by atoms with Crippen molar-refractivity contribution in [3.05, 3.63) is 23.8 Å². The van der Waals surface area contributed by atoms with E-state index in [-0.39, 0.29) is 6.03 Å². The Morgan fingerprint density at radius 1 is 1.56 bits per heavy atom. The zero-order chi connectivity index (χ0) is 11.5. The number of carbonyl (C=O) groups is 1. The Balaban J connectivity index is 2.53. The molecular weight excluding hydrogens is 206 g/mol. The fourth-order valence-electron chi connectivity index (χ4n) is 1.74. The number of anilines is 1. The number of benzene rings is 1. The zero-order valence-corrected chi connectivity index (χ0v) is 8.86. The molecule has 2 rings (SSSR count). The van der Waals surface area contributed by atoms with Crippen molar-refractivity contribution < 1.29 is 9.53 Å². The maximum Gasteiger partial charge on any atom is 0.322 e. The summed E-state index contributed by atoms with van der Waals surface area (Å²) in [7, 11) is 1.52. The maximum absolute atomic E-state index is 11.6. The molecule has 1 aliphatic rings. The molecule has 1 fully saturated rings. The van der Waals surface area contributed by atoms with Crippen molar-refractivity contribution in [1.29, 1.82) is 5.26 Å². The normalized spacial score (nSPS) is 14.5. The maximum atomic E-state index is 11.6. The smallest absolute Gasteiger partial charge is 0.322 e. The number of hydrogen-bond donors (Lipinski definition) is 1. The van der Waals surface area contributed by atoms with Crippen LogP contribution in [0.1, 0.15) is 5.56 Å². The van der Waals surface area contributed by atoms with Crippen molar-refractivity contribution in [2.24, 2.45) is 0 Å². The van der Waals surface area contributed by atoms with Crippen LogP contribution in [0.4, 0.5) is 10.5 Å². The molecule has 1 saturated heterocycles. The third kappa shape index (κ3) is 1.54. The van der Waals surface area contributed by atoms with Crippen LogP contribution in [0.2, 0.25) is 0 Å². The summed E-state index contributed by atoms with van der Waals surface area (Å²) in [5.41, 5.74) is 0.985. The van der Waals surface area contributed by atoms with E-state index in [0.29, 0.717) is 30.1 Å². The minimum atomic E-state index is -0.194. The summed E-state index contributed by atoms with van der Waals surface area (Å²) in [6.45, 7) is 1.13. The van der Waals surface area contributed by atoms with Gasteiger partial charge in [-0.15, -0.1) is 0 Å². The first-order valence-electron chi connectivity index (χ1n) is 4.90. The molecule has 82 valence electrons. The third-order valence-electron chi connectivity index (χ3n) is 2.47. The van der Waals surface area contributed by atoms with Crippen LogP contribution in [0.15, 0.2) is 18.2 Å². The number of amides is 2. The number of methoxy groups -OCH3 is 1. The van der Waals surface area contributed by atoms with Crippen LogP contribution in [0.3, 0.4) is 0 Å². The van der Waals surface area contributed by atoms with E-state index in [1.54, 1.807) is 18.2 Å². The molecule has 0 unspecified atom stereocenters. The minimum absolute atomic E-state index is 0.194. The minimum Gasteiger partial charge on any atom is -0.495 e. The molecule has 1 N–H and O–H groups in total. The molecule has 0 bridgehead atoms. The molecular formula is C11H11N3O2. The molecule has 2 amide bonds. The molecule has 16 heavy (non-hydrogen) atoms. The van der Waals surface area contributed by atoms with E-state index < -0.39 is 0 Å². The number of nitriles is 1. The van der Waals surface area contributed by atoms with Crippen molar-refractivity contribution in [3.63, 3.8) is 0 Å². The lowest BCUT2D eigenvalue weighted by atomic mass is 10.1. The zero-order valence-electron chi connectivity index (χ0n) is 8.86. The Kier molecular flexibility index (Phi) is 2.64. The Labute approximate surface area is 93.2 Å². The van der Waals surface area contributed by atoms with Crippen molar-refractivity contribution in [3.8, 4) is 11.8 Å². The predicted molar refractivity (Wildman–Crippen MR) is 58.5 cm³/mol. The number of urea groups is 1. The highest BCUT2D eigenvalue weighted by molar-refractivity contribution is 5.97.